The molecule has 0 aromatic rings. The summed E-state index contributed by atoms with van der Waals surface area (Å²) >= 11 is 1.87. The van der Waals surface area contributed by atoms with Gasteiger partial charge in [-0.3, -0.25) is 4.99 Å². The van der Waals surface area contributed by atoms with Crippen LogP contribution in [0.15, 0.2) is 4.99 Å². The van der Waals surface area contributed by atoms with Gasteiger partial charge in [-0.25, -0.2) is 0 Å². The van der Waals surface area contributed by atoms with E-state index < -0.39 is 0 Å². The average molecular weight is 256 g/mol. The van der Waals surface area contributed by atoms with Crippen molar-refractivity contribution in [1.29, 1.82) is 0 Å². The fourth-order valence-electron chi connectivity index (χ4n) is 2.31. The normalized spacial score (nSPS) is 34.9. The van der Waals surface area contributed by atoms with Crippen LogP contribution in [0.1, 0.15) is 40.0 Å². The summed E-state index contributed by atoms with van der Waals surface area (Å²) in [6.07, 6.45) is 3.48. The molecule has 2 atom stereocenters. The van der Waals surface area contributed by atoms with Crippen molar-refractivity contribution in [3.05, 3.63) is 0 Å². The SMILES string of the molecule is CCC1(C)CSC(=NC(C)C2CCOCC2)N1. The van der Waals surface area contributed by atoms with Crippen LogP contribution < -0.4 is 5.32 Å². The number of thioether (sulfide) groups is 1. The fourth-order valence-corrected chi connectivity index (χ4v) is 3.60. The summed E-state index contributed by atoms with van der Waals surface area (Å²) < 4.78 is 5.40. The van der Waals surface area contributed by atoms with Gasteiger partial charge < -0.3 is 10.1 Å². The summed E-state index contributed by atoms with van der Waals surface area (Å²) in [5.41, 5.74) is 0.249. The number of hydrogen-bond acceptors (Lipinski definition) is 3. The molecule has 0 radical (unpaired) electrons. The van der Waals surface area contributed by atoms with Crippen molar-refractivity contribution in [3.63, 3.8) is 0 Å². The zero-order valence-electron chi connectivity index (χ0n) is 11.2. The Kier molecular flexibility index (Phi) is 4.36. The van der Waals surface area contributed by atoms with E-state index in [1.807, 2.05) is 11.8 Å². The highest BCUT2D eigenvalue weighted by molar-refractivity contribution is 8.14. The van der Waals surface area contributed by atoms with E-state index in [9.17, 15) is 0 Å². The first-order chi connectivity index (χ1) is 8.13. The maximum absolute atomic E-state index is 5.40. The Balaban J connectivity index is 1.91. The van der Waals surface area contributed by atoms with Gasteiger partial charge in [-0.05, 0) is 39.0 Å². The number of hydrogen-bond donors (Lipinski definition) is 1. The van der Waals surface area contributed by atoms with Crippen molar-refractivity contribution >= 4 is 16.9 Å². The van der Waals surface area contributed by atoms with Gasteiger partial charge in [0.15, 0.2) is 5.17 Å². The van der Waals surface area contributed by atoms with Gasteiger partial charge in [-0.15, -0.1) is 0 Å². The first-order valence-corrected chi connectivity index (χ1v) is 7.68. The summed E-state index contributed by atoms with van der Waals surface area (Å²) in [7, 11) is 0. The van der Waals surface area contributed by atoms with Gasteiger partial charge in [0.2, 0.25) is 0 Å². The third-order valence-electron chi connectivity index (χ3n) is 3.99. The quantitative estimate of drug-likeness (QED) is 0.843. The van der Waals surface area contributed by atoms with Crippen LogP contribution in [-0.4, -0.2) is 35.7 Å². The van der Waals surface area contributed by atoms with Gasteiger partial charge in [0.1, 0.15) is 0 Å². The van der Waals surface area contributed by atoms with Crippen LogP contribution >= 0.6 is 11.8 Å². The Hall–Kier alpha value is -0.220. The predicted molar refractivity (Wildman–Crippen MR) is 74.7 cm³/mol. The lowest BCUT2D eigenvalue weighted by atomic mass is 9.93. The van der Waals surface area contributed by atoms with Crippen molar-refractivity contribution < 1.29 is 4.74 Å². The van der Waals surface area contributed by atoms with E-state index >= 15 is 0 Å². The van der Waals surface area contributed by atoms with E-state index in [0.717, 1.165) is 43.4 Å². The van der Waals surface area contributed by atoms with E-state index in [1.54, 1.807) is 0 Å². The summed E-state index contributed by atoms with van der Waals surface area (Å²) in [5.74, 6) is 1.84. The maximum atomic E-state index is 5.40. The van der Waals surface area contributed by atoms with Crippen molar-refractivity contribution in [1.82, 2.24) is 5.32 Å². The molecule has 2 rings (SSSR count). The molecule has 0 aromatic heterocycles. The molecule has 3 nitrogen and oxygen atoms in total. The van der Waals surface area contributed by atoms with E-state index in [-0.39, 0.29) is 5.54 Å². The van der Waals surface area contributed by atoms with Crippen molar-refractivity contribution in [2.45, 2.75) is 51.6 Å². The molecule has 98 valence electrons. The molecule has 0 saturated carbocycles. The Morgan fingerprint density at radius 2 is 2.24 bits per heavy atom. The Labute approximate surface area is 109 Å². The second kappa shape index (κ2) is 5.61. The third kappa shape index (κ3) is 3.38. The third-order valence-corrected chi connectivity index (χ3v) is 5.25. The fraction of sp³-hybridized carbons (Fsp3) is 0.923. The van der Waals surface area contributed by atoms with Crippen molar-refractivity contribution in [3.8, 4) is 0 Å². The second-order valence-corrected chi connectivity index (χ2v) is 6.42. The van der Waals surface area contributed by atoms with Gasteiger partial charge in [-0.1, -0.05) is 18.7 Å². The smallest absolute Gasteiger partial charge is 0.157 e. The summed E-state index contributed by atoms with van der Waals surface area (Å²) in [6, 6.07) is 0.424. The molecular weight excluding hydrogens is 232 g/mol. The number of nitrogens with zero attached hydrogens (tertiary/aromatic N) is 1. The molecule has 0 spiro atoms. The number of rotatable bonds is 3. The number of aliphatic imine (C=N–C) groups is 1. The van der Waals surface area contributed by atoms with Gasteiger partial charge in [0.05, 0.1) is 6.04 Å². The van der Waals surface area contributed by atoms with Gasteiger partial charge >= 0.3 is 0 Å². The molecule has 2 fully saturated rings. The molecule has 2 unspecified atom stereocenters. The minimum absolute atomic E-state index is 0.249. The highest BCUT2D eigenvalue weighted by Crippen LogP contribution is 2.28. The summed E-state index contributed by atoms with van der Waals surface area (Å²) in [4.78, 5) is 4.86. The van der Waals surface area contributed by atoms with Gasteiger partial charge in [-0.2, -0.15) is 0 Å². The highest BCUT2D eigenvalue weighted by Gasteiger charge is 2.31. The van der Waals surface area contributed by atoms with Crippen molar-refractivity contribution in [2.75, 3.05) is 19.0 Å². The molecular formula is C13H24N2OS. The Bertz CT molecular complexity index is 289. The topological polar surface area (TPSA) is 33.6 Å². The van der Waals surface area contributed by atoms with Crippen LogP contribution in [0.3, 0.4) is 0 Å². The van der Waals surface area contributed by atoms with Crippen LogP contribution in [0.25, 0.3) is 0 Å². The number of nitrogens with one attached hydrogen (secondary N) is 1. The first kappa shape index (κ1) is 13.2. The van der Waals surface area contributed by atoms with E-state index in [0.29, 0.717) is 12.0 Å². The molecule has 4 heteroatoms. The molecule has 2 aliphatic rings. The van der Waals surface area contributed by atoms with Crippen LogP contribution in [0.5, 0.6) is 0 Å². The lowest BCUT2D eigenvalue weighted by molar-refractivity contribution is 0.0605. The van der Waals surface area contributed by atoms with E-state index in [2.05, 4.69) is 26.1 Å². The largest absolute Gasteiger partial charge is 0.381 e. The van der Waals surface area contributed by atoms with E-state index in [1.165, 1.54) is 0 Å². The molecule has 2 aliphatic heterocycles. The molecule has 17 heavy (non-hydrogen) atoms. The molecule has 0 aromatic carbocycles. The summed E-state index contributed by atoms with van der Waals surface area (Å²) in [5, 5.41) is 4.72. The van der Waals surface area contributed by atoms with Gasteiger partial charge in [0, 0.05) is 24.5 Å². The zero-order valence-corrected chi connectivity index (χ0v) is 12.0. The lowest BCUT2D eigenvalue weighted by Gasteiger charge is -2.26. The predicted octanol–water partition coefficient (Wildman–Crippen LogP) is 2.66. The molecule has 0 bridgehead atoms. The highest BCUT2D eigenvalue weighted by atomic mass is 32.2. The first-order valence-electron chi connectivity index (χ1n) is 6.69. The van der Waals surface area contributed by atoms with Crippen LogP contribution in [-0.2, 0) is 4.74 Å². The molecule has 0 amide bonds. The summed E-state index contributed by atoms with van der Waals surface area (Å²) in [6.45, 7) is 8.58. The number of ether oxygens (including phenoxy) is 1. The monoisotopic (exact) mass is 256 g/mol. The molecule has 2 saturated heterocycles. The van der Waals surface area contributed by atoms with Crippen LogP contribution in [0.2, 0.25) is 0 Å². The zero-order chi connectivity index (χ0) is 12.3. The van der Waals surface area contributed by atoms with Gasteiger partial charge in [0.25, 0.3) is 0 Å². The van der Waals surface area contributed by atoms with E-state index in [4.69, 9.17) is 9.73 Å². The molecule has 1 N–H and O–H groups in total. The average Bonchev–Trinajstić information content (AvgIpc) is 2.73. The molecule has 0 aliphatic carbocycles. The standard InChI is InChI=1S/C13H24N2OS/c1-4-13(3)9-17-12(15-13)14-10(2)11-5-7-16-8-6-11/h10-11H,4-9H2,1-3H3,(H,14,15). The Morgan fingerprint density at radius 1 is 1.53 bits per heavy atom. The maximum Gasteiger partial charge on any atom is 0.157 e. The van der Waals surface area contributed by atoms with Crippen LogP contribution in [0.4, 0.5) is 0 Å². The Morgan fingerprint density at radius 3 is 2.82 bits per heavy atom. The van der Waals surface area contributed by atoms with Crippen LogP contribution in [0, 0.1) is 5.92 Å². The van der Waals surface area contributed by atoms with Crippen molar-refractivity contribution in [2.24, 2.45) is 10.9 Å². The minimum atomic E-state index is 0.249. The number of amidine groups is 1. The molecule has 2 heterocycles. The minimum Gasteiger partial charge on any atom is -0.381 e. The second-order valence-electron chi connectivity index (χ2n) is 5.45. The lowest BCUT2D eigenvalue weighted by Crippen LogP contribution is -2.40.